The van der Waals surface area contributed by atoms with Crippen molar-refractivity contribution in [1.29, 1.82) is 0 Å². The third-order valence-electron chi connectivity index (χ3n) is 3.74. The van der Waals surface area contributed by atoms with E-state index in [-0.39, 0.29) is 17.6 Å². The number of amidine groups is 1. The van der Waals surface area contributed by atoms with Gasteiger partial charge in [-0.2, -0.15) is 0 Å². The summed E-state index contributed by atoms with van der Waals surface area (Å²) in [5, 5.41) is 11.4. The van der Waals surface area contributed by atoms with Crippen molar-refractivity contribution < 1.29 is 9.90 Å². The van der Waals surface area contributed by atoms with E-state index < -0.39 is 0 Å². The maximum atomic E-state index is 12.4. The Morgan fingerprint density at radius 2 is 2.21 bits per heavy atom. The minimum absolute atomic E-state index is 0.0104. The summed E-state index contributed by atoms with van der Waals surface area (Å²) in [5.41, 5.74) is 1.70. The van der Waals surface area contributed by atoms with Gasteiger partial charge in [0.2, 0.25) is 5.91 Å². The number of phenolic OH excluding ortho intramolecular Hbond substituents is 1. The molecule has 1 atom stereocenters. The molecule has 3 rings (SSSR count). The second kappa shape index (κ2) is 3.82. The van der Waals surface area contributed by atoms with E-state index in [4.69, 9.17) is 0 Å². The molecule has 0 bridgehead atoms. The van der Waals surface area contributed by atoms with E-state index in [1.165, 1.54) is 4.90 Å². The van der Waals surface area contributed by atoms with Gasteiger partial charge in [-0.1, -0.05) is 24.8 Å². The zero-order valence-corrected chi connectivity index (χ0v) is 10.8. The average Bonchev–Trinajstić information content (AvgIpc) is 2.42. The van der Waals surface area contributed by atoms with Crippen LogP contribution in [0.3, 0.4) is 0 Å². The monoisotopic (exact) mass is 254 g/mol. The number of carbonyl (C=O) groups is 1. The summed E-state index contributed by atoms with van der Waals surface area (Å²) >= 11 is 0. The van der Waals surface area contributed by atoms with Gasteiger partial charge in [-0.3, -0.25) is 14.7 Å². The third-order valence-corrected chi connectivity index (χ3v) is 3.74. The molecule has 1 amide bonds. The van der Waals surface area contributed by atoms with E-state index in [0.717, 1.165) is 16.3 Å². The van der Waals surface area contributed by atoms with Gasteiger partial charge in [0.05, 0.1) is 5.92 Å². The molecule has 0 spiro atoms. The maximum absolute atomic E-state index is 12.4. The van der Waals surface area contributed by atoms with Crippen LogP contribution in [0.4, 0.5) is 0 Å². The molecule has 4 heteroatoms. The first-order valence-corrected chi connectivity index (χ1v) is 6.04. The lowest BCUT2D eigenvalue weighted by molar-refractivity contribution is -0.127. The van der Waals surface area contributed by atoms with Crippen molar-refractivity contribution in [3.8, 4) is 5.75 Å². The zero-order valence-electron chi connectivity index (χ0n) is 10.8. The Balaban J connectivity index is 2.50. The van der Waals surface area contributed by atoms with E-state index in [2.05, 4.69) is 11.6 Å². The molecule has 4 nitrogen and oxygen atoms in total. The number of hydrogen-bond acceptors (Lipinski definition) is 3. The summed E-state index contributed by atoms with van der Waals surface area (Å²) in [5.74, 6) is 0.384. The number of nitrogens with zero attached hydrogens (tertiary/aromatic N) is 2. The highest BCUT2D eigenvalue weighted by Gasteiger charge is 2.35. The number of amides is 1. The summed E-state index contributed by atoms with van der Waals surface area (Å²) in [4.78, 5) is 18.1. The highest BCUT2D eigenvalue weighted by Crippen LogP contribution is 2.30. The lowest BCUT2D eigenvalue weighted by Crippen LogP contribution is -2.47. The minimum Gasteiger partial charge on any atom is -0.507 e. The predicted octanol–water partition coefficient (Wildman–Crippen LogP) is 0.0848. The molecule has 1 aromatic carbocycles. The van der Waals surface area contributed by atoms with Crippen molar-refractivity contribution in [3.05, 3.63) is 39.8 Å². The van der Waals surface area contributed by atoms with Gasteiger partial charge in [-0.05, 0) is 16.8 Å². The quantitative estimate of drug-likeness (QED) is 0.713. The fourth-order valence-corrected chi connectivity index (χ4v) is 2.79. The number of likely N-dealkylation sites (N-methyl/N-ethyl adjacent to an activating group) is 1. The number of aliphatic imine (C=N–C) groups is 1. The molecule has 1 aliphatic heterocycles. The molecule has 0 aromatic heterocycles. The van der Waals surface area contributed by atoms with E-state index in [1.54, 1.807) is 20.2 Å². The van der Waals surface area contributed by atoms with Crippen molar-refractivity contribution >= 4 is 24.4 Å². The van der Waals surface area contributed by atoms with Crippen molar-refractivity contribution in [2.45, 2.75) is 5.92 Å². The van der Waals surface area contributed by atoms with Crippen LogP contribution in [-0.4, -0.2) is 35.8 Å². The number of hydrogen-bond donors (Lipinski definition) is 1. The lowest BCUT2D eigenvalue weighted by atomic mass is 9.83. The third kappa shape index (κ3) is 1.40. The van der Waals surface area contributed by atoms with Crippen molar-refractivity contribution in [1.82, 2.24) is 4.90 Å². The van der Waals surface area contributed by atoms with Gasteiger partial charge in [0.25, 0.3) is 0 Å². The van der Waals surface area contributed by atoms with Crippen LogP contribution in [0.5, 0.6) is 5.75 Å². The van der Waals surface area contributed by atoms with Gasteiger partial charge < -0.3 is 5.11 Å². The Morgan fingerprint density at radius 1 is 1.47 bits per heavy atom. The van der Waals surface area contributed by atoms with Gasteiger partial charge in [0, 0.05) is 24.9 Å². The number of rotatable bonds is 0. The molecule has 19 heavy (non-hydrogen) atoms. The standard InChI is InChI=1S/C15H14N2O2/c1-8-9-5-4-6-10-13(9)11(7-12(8)18)14(16-2)17(3)15(10)19/h4-7,10,18H,1H2,2-3H3. The molecule has 0 fully saturated rings. The molecule has 0 radical (unpaired) electrons. The van der Waals surface area contributed by atoms with Crippen LogP contribution in [0.15, 0.2) is 23.2 Å². The summed E-state index contributed by atoms with van der Waals surface area (Å²) in [6.45, 7) is 3.88. The van der Waals surface area contributed by atoms with Gasteiger partial charge >= 0.3 is 0 Å². The van der Waals surface area contributed by atoms with Gasteiger partial charge in [-0.15, -0.1) is 0 Å². The molecular formula is C15H14N2O2. The Hall–Kier alpha value is -2.36. The Kier molecular flexibility index (Phi) is 2.35. The fraction of sp³-hybridized carbons (Fsp3) is 0.200. The molecule has 0 saturated carbocycles. The van der Waals surface area contributed by atoms with Crippen molar-refractivity contribution in [2.24, 2.45) is 4.99 Å². The SMILES string of the molecule is C=c1c(O)cc2c3c1=CC=CC3C(=O)N(C)C2=NC. The first kappa shape index (κ1) is 11.7. The van der Waals surface area contributed by atoms with Crippen molar-refractivity contribution in [3.63, 3.8) is 0 Å². The molecule has 2 aliphatic rings. The number of carbonyl (C=O) groups excluding carboxylic acids is 1. The summed E-state index contributed by atoms with van der Waals surface area (Å²) in [6, 6.07) is 1.65. The van der Waals surface area contributed by atoms with Crippen LogP contribution in [0, 0.1) is 0 Å². The highest BCUT2D eigenvalue weighted by molar-refractivity contribution is 6.14. The van der Waals surface area contributed by atoms with Crippen LogP contribution < -0.4 is 10.4 Å². The molecule has 1 N–H and O–H groups in total. The molecule has 96 valence electrons. The topological polar surface area (TPSA) is 52.9 Å². The van der Waals surface area contributed by atoms with Gasteiger partial charge in [0.15, 0.2) is 0 Å². The predicted molar refractivity (Wildman–Crippen MR) is 74.5 cm³/mol. The van der Waals surface area contributed by atoms with Crippen LogP contribution in [0.2, 0.25) is 0 Å². The molecular weight excluding hydrogens is 240 g/mol. The van der Waals surface area contributed by atoms with Gasteiger partial charge in [0.1, 0.15) is 11.6 Å². The number of allylic oxidation sites excluding steroid dienone is 1. The molecule has 1 aromatic rings. The van der Waals surface area contributed by atoms with Crippen LogP contribution in [0.1, 0.15) is 17.0 Å². The summed E-state index contributed by atoms with van der Waals surface area (Å²) in [6.07, 6.45) is 5.58. The van der Waals surface area contributed by atoms with E-state index in [0.29, 0.717) is 11.1 Å². The smallest absolute Gasteiger partial charge is 0.239 e. The van der Waals surface area contributed by atoms with Crippen LogP contribution in [0.25, 0.3) is 12.7 Å². The van der Waals surface area contributed by atoms with Gasteiger partial charge in [-0.25, -0.2) is 0 Å². The molecule has 1 heterocycles. The Morgan fingerprint density at radius 3 is 2.89 bits per heavy atom. The minimum atomic E-state index is -0.313. The molecule has 1 aliphatic carbocycles. The van der Waals surface area contributed by atoms with Crippen molar-refractivity contribution in [2.75, 3.05) is 14.1 Å². The van der Waals surface area contributed by atoms with E-state index >= 15 is 0 Å². The lowest BCUT2D eigenvalue weighted by Gasteiger charge is -2.32. The Labute approximate surface area is 110 Å². The second-order valence-corrected chi connectivity index (χ2v) is 4.72. The zero-order chi connectivity index (χ0) is 13.7. The molecule has 0 saturated heterocycles. The largest absolute Gasteiger partial charge is 0.507 e. The number of phenols is 1. The van der Waals surface area contributed by atoms with Crippen LogP contribution >= 0.6 is 0 Å². The summed E-state index contributed by atoms with van der Waals surface area (Å²) in [7, 11) is 3.35. The summed E-state index contributed by atoms with van der Waals surface area (Å²) < 4.78 is 0. The van der Waals surface area contributed by atoms with E-state index in [1.807, 2.05) is 18.2 Å². The first-order chi connectivity index (χ1) is 9.06. The maximum Gasteiger partial charge on any atom is 0.239 e. The van der Waals surface area contributed by atoms with Crippen LogP contribution in [-0.2, 0) is 4.79 Å². The number of aromatic hydroxyl groups is 1. The number of benzene rings is 1. The fourth-order valence-electron chi connectivity index (χ4n) is 2.79. The second-order valence-electron chi connectivity index (χ2n) is 4.72. The van der Waals surface area contributed by atoms with E-state index in [9.17, 15) is 9.90 Å². The normalized spacial score (nSPS) is 22.4. The highest BCUT2D eigenvalue weighted by atomic mass is 16.3. The first-order valence-electron chi connectivity index (χ1n) is 6.04. The molecule has 1 unspecified atom stereocenters. The Bertz CT molecular complexity index is 759. The average molecular weight is 254 g/mol.